The molecule has 1 aromatic carbocycles. The van der Waals surface area contributed by atoms with Gasteiger partial charge in [0.1, 0.15) is 0 Å². The maximum absolute atomic E-state index is 12.7. The number of rotatable bonds is 3. The summed E-state index contributed by atoms with van der Waals surface area (Å²) < 4.78 is 12.7. The third kappa shape index (κ3) is 3.53. The number of carboxylic acids is 1. The van der Waals surface area contributed by atoms with Crippen molar-refractivity contribution in [3.05, 3.63) is 35.7 Å². The Labute approximate surface area is 91.4 Å². The summed E-state index contributed by atoms with van der Waals surface area (Å²) >= 11 is 0. The van der Waals surface area contributed by atoms with Crippen LogP contribution in [0.5, 0.6) is 0 Å². The molecule has 0 saturated carbocycles. The van der Waals surface area contributed by atoms with Crippen LogP contribution in [-0.2, 0) is 9.59 Å². The Morgan fingerprint density at radius 2 is 1.88 bits per heavy atom. The van der Waals surface area contributed by atoms with Gasteiger partial charge in [-0.05, 0) is 23.8 Å². The molecule has 0 aliphatic rings. The molecule has 0 spiro atoms. The summed E-state index contributed by atoms with van der Waals surface area (Å²) in [6.07, 6.45) is 0.903. The molecule has 0 aliphatic carbocycles. The summed E-state index contributed by atoms with van der Waals surface area (Å²) in [6, 6.07) is 6.13. The van der Waals surface area contributed by atoms with Crippen LogP contribution in [0.15, 0.2) is 30.1 Å². The highest BCUT2D eigenvalue weighted by molar-refractivity contribution is 5.90. The van der Waals surface area contributed by atoms with Crippen LogP contribution in [0.25, 0.3) is 6.08 Å². The van der Waals surface area contributed by atoms with E-state index in [2.05, 4.69) is 5.32 Å². The Kier molecular flexibility index (Phi) is 3.77. The van der Waals surface area contributed by atoms with Crippen molar-refractivity contribution in [1.82, 2.24) is 0 Å². The summed E-state index contributed by atoms with van der Waals surface area (Å²) in [4.78, 5) is 20.9. The van der Waals surface area contributed by atoms with E-state index in [-0.39, 0.29) is 5.91 Å². The topological polar surface area (TPSA) is 66.4 Å². The molecular formula is C11H10FNO3. The standard InChI is InChI=1S/C11H10FNO3/c1-7(14)13-9-4-2-8(3-5-9)6-10(12)11(15)16/h2-6H,1H3,(H,13,14)(H,15,16). The van der Waals surface area contributed by atoms with Crippen molar-refractivity contribution in [2.75, 3.05) is 5.32 Å². The first-order valence-corrected chi connectivity index (χ1v) is 4.47. The van der Waals surface area contributed by atoms with Crippen molar-refractivity contribution >= 4 is 23.6 Å². The van der Waals surface area contributed by atoms with Crippen LogP contribution in [0, 0.1) is 0 Å². The fraction of sp³-hybridized carbons (Fsp3) is 0.0909. The van der Waals surface area contributed by atoms with Gasteiger partial charge in [-0.15, -0.1) is 0 Å². The third-order valence-corrected chi connectivity index (χ3v) is 1.73. The zero-order chi connectivity index (χ0) is 12.1. The first-order chi connectivity index (χ1) is 7.49. The van der Waals surface area contributed by atoms with E-state index < -0.39 is 11.8 Å². The molecule has 0 saturated heterocycles. The molecule has 0 unspecified atom stereocenters. The molecule has 1 amide bonds. The van der Waals surface area contributed by atoms with E-state index in [4.69, 9.17) is 5.11 Å². The molecule has 0 bridgehead atoms. The van der Waals surface area contributed by atoms with E-state index in [0.29, 0.717) is 11.3 Å². The van der Waals surface area contributed by atoms with Gasteiger partial charge in [-0.25, -0.2) is 4.79 Å². The van der Waals surface area contributed by atoms with E-state index in [1.807, 2.05) is 0 Å². The van der Waals surface area contributed by atoms with Gasteiger partial charge in [0, 0.05) is 12.6 Å². The van der Waals surface area contributed by atoms with E-state index in [9.17, 15) is 14.0 Å². The van der Waals surface area contributed by atoms with Crippen molar-refractivity contribution < 1.29 is 19.1 Å². The molecule has 0 aliphatic heterocycles. The molecule has 4 nitrogen and oxygen atoms in total. The highest BCUT2D eigenvalue weighted by Crippen LogP contribution is 2.13. The second-order valence-corrected chi connectivity index (χ2v) is 3.10. The lowest BCUT2D eigenvalue weighted by molar-refractivity contribution is -0.134. The summed E-state index contributed by atoms with van der Waals surface area (Å²) in [7, 11) is 0. The summed E-state index contributed by atoms with van der Waals surface area (Å²) in [6.45, 7) is 1.37. The lowest BCUT2D eigenvalue weighted by Crippen LogP contribution is -2.05. The number of carboxylic acid groups (broad SMARTS) is 1. The zero-order valence-electron chi connectivity index (χ0n) is 8.53. The number of anilines is 1. The average molecular weight is 223 g/mol. The molecule has 0 radical (unpaired) electrons. The van der Waals surface area contributed by atoms with Gasteiger partial charge in [-0.2, -0.15) is 4.39 Å². The maximum atomic E-state index is 12.7. The summed E-state index contributed by atoms with van der Waals surface area (Å²) in [5.41, 5.74) is 0.981. The quantitative estimate of drug-likeness (QED) is 0.770. The number of hydrogen-bond acceptors (Lipinski definition) is 2. The highest BCUT2D eigenvalue weighted by atomic mass is 19.1. The Bertz CT molecular complexity index is 437. The fourth-order valence-electron chi connectivity index (χ4n) is 1.07. The van der Waals surface area contributed by atoms with E-state index in [1.54, 1.807) is 12.1 Å². The molecule has 2 N–H and O–H groups in total. The number of carbonyl (C=O) groups excluding carboxylic acids is 1. The molecule has 0 heterocycles. The van der Waals surface area contributed by atoms with Crippen LogP contribution in [0.3, 0.4) is 0 Å². The monoisotopic (exact) mass is 223 g/mol. The van der Waals surface area contributed by atoms with Crippen molar-refractivity contribution in [2.45, 2.75) is 6.92 Å². The van der Waals surface area contributed by atoms with Crippen molar-refractivity contribution in [3.63, 3.8) is 0 Å². The smallest absolute Gasteiger partial charge is 0.364 e. The Hall–Kier alpha value is -2.17. The van der Waals surface area contributed by atoms with E-state index >= 15 is 0 Å². The molecule has 16 heavy (non-hydrogen) atoms. The Morgan fingerprint density at radius 3 is 2.31 bits per heavy atom. The molecular weight excluding hydrogens is 213 g/mol. The predicted molar refractivity (Wildman–Crippen MR) is 57.5 cm³/mol. The summed E-state index contributed by atoms with van der Waals surface area (Å²) in [5, 5.41) is 10.9. The number of aliphatic carboxylic acids is 1. The largest absolute Gasteiger partial charge is 0.476 e. The first kappa shape index (κ1) is 11.9. The van der Waals surface area contributed by atoms with Crippen LogP contribution < -0.4 is 5.32 Å². The number of nitrogens with one attached hydrogen (secondary N) is 1. The molecule has 0 fully saturated rings. The predicted octanol–water partition coefficient (Wildman–Crippen LogP) is 2.04. The van der Waals surface area contributed by atoms with Crippen molar-refractivity contribution in [3.8, 4) is 0 Å². The van der Waals surface area contributed by atoms with Gasteiger partial charge in [-0.3, -0.25) is 4.79 Å². The molecule has 0 aromatic heterocycles. The Morgan fingerprint density at radius 1 is 1.31 bits per heavy atom. The van der Waals surface area contributed by atoms with Crippen LogP contribution in [0.4, 0.5) is 10.1 Å². The number of benzene rings is 1. The van der Waals surface area contributed by atoms with Gasteiger partial charge < -0.3 is 10.4 Å². The molecule has 1 rings (SSSR count). The first-order valence-electron chi connectivity index (χ1n) is 4.47. The normalized spacial score (nSPS) is 11.0. The zero-order valence-corrected chi connectivity index (χ0v) is 8.53. The van der Waals surface area contributed by atoms with E-state index in [1.165, 1.54) is 19.1 Å². The van der Waals surface area contributed by atoms with Crippen LogP contribution in [0.1, 0.15) is 12.5 Å². The van der Waals surface area contributed by atoms with Crippen LogP contribution in [-0.4, -0.2) is 17.0 Å². The lowest BCUT2D eigenvalue weighted by Gasteiger charge is -2.01. The number of carbonyl (C=O) groups is 2. The van der Waals surface area contributed by atoms with Gasteiger partial charge in [0.25, 0.3) is 0 Å². The van der Waals surface area contributed by atoms with Gasteiger partial charge in [0.2, 0.25) is 11.7 Å². The van der Waals surface area contributed by atoms with Gasteiger partial charge >= 0.3 is 5.97 Å². The molecule has 84 valence electrons. The Balaban J connectivity index is 2.83. The number of hydrogen-bond donors (Lipinski definition) is 2. The van der Waals surface area contributed by atoms with Crippen LogP contribution in [0.2, 0.25) is 0 Å². The number of amides is 1. The fourth-order valence-corrected chi connectivity index (χ4v) is 1.07. The summed E-state index contributed by atoms with van der Waals surface area (Å²) in [5.74, 6) is -3.04. The van der Waals surface area contributed by atoms with Gasteiger partial charge in [0.15, 0.2) is 0 Å². The van der Waals surface area contributed by atoms with Gasteiger partial charge in [-0.1, -0.05) is 12.1 Å². The average Bonchev–Trinajstić information content (AvgIpc) is 2.20. The molecule has 1 aromatic rings. The second-order valence-electron chi connectivity index (χ2n) is 3.10. The lowest BCUT2D eigenvalue weighted by atomic mass is 10.2. The second kappa shape index (κ2) is 5.06. The molecule has 0 atom stereocenters. The van der Waals surface area contributed by atoms with Crippen LogP contribution >= 0.6 is 0 Å². The van der Waals surface area contributed by atoms with Crippen molar-refractivity contribution in [2.24, 2.45) is 0 Å². The van der Waals surface area contributed by atoms with Gasteiger partial charge in [0.05, 0.1) is 0 Å². The maximum Gasteiger partial charge on any atom is 0.364 e. The minimum Gasteiger partial charge on any atom is -0.476 e. The number of halogens is 1. The highest BCUT2D eigenvalue weighted by Gasteiger charge is 2.04. The minimum absolute atomic E-state index is 0.208. The molecule has 5 heteroatoms. The van der Waals surface area contributed by atoms with E-state index in [0.717, 1.165) is 6.08 Å². The minimum atomic E-state index is -1.61. The third-order valence-electron chi connectivity index (χ3n) is 1.73. The van der Waals surface area contributed by atoms with Crippen molar-refractivity contribution in [1.29, 1.82) is 0 Å². The SMILES string of the molecule is CC(=O)Nc1ccc(C=C(F)C(=O)O)cc1.